The summed E-state index contributed by atoms with van der Waals surface area (Å²) in [7, 11) is -1.96. The topological polar surface area (TPSA) is 94.3 Å². The second-order valence-electron chi connectivity index (χ2n) is 5.69. The molecule has 0 spiro atoms. The normalized spacial score (nSPS) is 11.5. The van der Waals surface area contributed by atoms with Crippen LogP contribution < -0.4 is 9.46 Å². The highest BCUT2D eigenvalue weighted by Crippen LogP contribution is 2.21. The molecule has 7 nitrogen and oxygen atoms in total. The Balaban J connectivity index is 1.60. The molecule has 0 fully saturated rings. The van der Waals surface area contributed by atoms with Crippen LogP contribution in [-0.4, -0.2) is 32.3 Å². The van der Waals surface area contributed by atoms with E-state index >= 15 is 0 Å². The Labute approximate surface area is 152 Å². The zero-order valence-corrected chi connectivity index (χ0v) is 15.3. The summed E-state index contributed by atoms with van der Waals surface area (Å²) in [5.41, 5.74) is 1.77. The summed E-state index contributed by atoms with van der Waals surface area (Å²) in [5, 5.41) is 7.95. The molecule has 3 aromatic rings. The molecule has 136 valence electrons. The lowest BCUT2D eigenvalue weighted by atomic mass is 10.2. The van der Waals surface area contributed by atoms with Crippen molar-refractivity contribution in [2.45, 2.75) is 18.2 Å². The molecule has 26 heavy (non-hydrogen) atoms. The molecular formula is C18H19N3O4S. The Hall–Kier alpha value is -2.71. The molecule has 0 unspecified atom stereocenters. The Kier molecular flexibility index (Phi) is 5.34. The number of hydrogen-bond acceptors (Lipinski definition) is 6. The largest absolute Gasteiger partial charge is 0.497 e. The monoisotopic (exact) mass is 373 g/mol. The number of aryl methyl sites for hydroxylation is 1. The van der Waals surface area contributed by atoms with Gasteiger partial charge in [0.2, 0.25) is 21.8 Å². The number of ether oxygens (including phenoxy) is 1. The van der Waals surface area contributed by atoms with Gasteiger partial charge in [-0.05, 0) is 43.3 Å². The minimum absolute atomic E-state index is 0.167. The van der Waals surface area contributed by atoms with Gasteiger partial charge in [-0.3, -0.25) is 0 Å². The number of aromatic nitrogens is 2. The van der Waals surface area contributed by atoms with Crippen molar-refractivity contribution < 1.29 is 17.6 Å². The van der Waals surface area contributed by atoms with Crippen molar-refractivity contribution >= 4 is 10.0 Å². The number of sulfonamides is 1. The third kappa shape index (κ3) is 4.27. The van der Waals surface area contributed by atoms with Crippen molar-refractivity contribution in [2.75, 3.05) is 13.7 Å². The maximum absolute atomic E-state index is 12.2. The average Bonchev–Trinajstić information content (AvgIpc) is 3.11. The van der Waals surface area contributed by atoms with Gasteiger partial charge in [-0.15, -0.1) is 10.2 Å². The second kappa shape index (κ2) is 7.67. The van der Waals surface area contributed by atoms with Crippen molar-refractivity contribution in [1.82, 2.24) is 14.9 Å². The van der Waals surface area contributed by atoms with Crippen LogP contribution in [0.4, 0.5) is 0 Å². The summed E-state index contributed by atoms with van der Waals surface area (Å²) in [6, 6.07) is 13.9. The van der Waals surface area contributed by atoms with Crippen LogP contribution in [0, 0.1) is 6.92 Å². The van der Waals surface area contributed by atoms with E-state index in [1.807, 2.05) is 19.1 Å². The van der Waals surface area contributed by atoms with Crippen molar-refractivity contribution in [2.24, 2.45) is 0 Å². The number of nitrogens with one attached hydrogen (secondary N) is 1. The number of methoxy groups -OCH3 is 1. The molecule has 0 aliphatic carbocycles. The fourth-order valence-electron chi connectivity index (χ4n) is 2.30. The molecule has 0 saturated carbocycles. The number of benzene rings is 2. The van der Waals surface area contributed by atoms with E-state index in [1.54, 1.807) is 43.5 Å². The standard InChI is InChI=1S/C18H19N3O4S/c1-13-3-9-16(10-4-13)26(22,23)19-12-11-17-20-21-18(25-17)14-5-7-15(24-2)8-6-14/h3-10,19H,11-12H2,1-2H3. The lowest BCUT2D eigenvalue weighted by Crippen LogP contribution is -2.26. The molecule has 0 bridgehead atoms. The molecule has 0 aliphatic rings. The summed E-state index contributed by atoms with van der Waals surface area (Å²) in [5.74, 6) is 1.48. The quantitative estimate of drug-likeness (QED) is 0.684. The molecule has 0 aliphatic heterocycles. The molecule has 1 heterocycles. The number of rotatable bonds is 7. The van der Waals surface area contributed by atoms with Gasteiger partial charge < -0.3 is 9.15 Å². The van der Waals surface area contributed by atoms with E-state index in [2.05, 4.69) is 14.9 Å². The zero-order valence-electron chi connectivity index (χ0n) is 14.5. The highest BCUT2D eigenvalue weighted by Gasteiger charge is 2.14. The van der Waals surface area contributed by atoms with E-state index in [0.29, 0.717) is 18.2 Å². The van der Waals surface area contributed by atoms with Gasteiger partial charge >= 0.3 is 0 Å². The Morgan fingerprint density at radius 1 is 1.04 bits per heavy atom. The van der Waals surface area contributed by atoms with Crippen LogP contribution in [0.5, 0.6) is 5.75 Å². The lowest BCUT2D eigenvalue weighted by Gasteiger charge is -2.05. The second-order valence-corrected chi connectivity index (χ2v) is 7.46. The van der Waals surface area contributed by atoms with Gasteiger partial charge in [-0.1, -0.05) is 17.7 Å². The molecule has 3 rings (SSSR count). The fraction of sp³-hybridized carbons (Fsp3) is 0.222. The van der Waals surface area contributed by atoms with Gasteiger partial charge in [0.25, 0.3) is 0 Å². The van der Waals surface area contributed by atoms with Gasteiger partial charge in [0.1, 0.15) is 5.75 Å². The summed E-state index contributed by atoms with van der Waals surface area (Å²) in [6.07, 6.45) is 0.300. The molecule has 2 aromatic carbocycles. The van der Waals surface area contributed by atoms with Crippen LogP contribution in [-0.2, 0) is 16.4 Å². The van der Waals surface area contributed by atoms with Crippen LogP contribution in [0.1, 0.15) is 11.5 Å². The third-order valence-corrected chi connectivity index (χ3v) is 5.24. The minimum atomic E-state index is -3.55. The van der Waals surface area contributed by atoms with Crippen LogP contribution in [0.25, 0.3) is 11.5 Å². The van der Waals surface area contributed by atoms with Crippen LogP contribution >= 0.6 is 0 Å². The van der Waals surface area contributed by atoms with E-state index in [9.17, 15) is 8.42 Å². The first-order valence-corrected chi connectivity index (χ1v) is 9.49. The predicted molar refractivity (Wildman–Crippen MR) is 96.4 cm³/mol. The van der Waals surface area contributed by atoms with Crippen LogP contribution in [0.2, 0.25) is 0 Å². The number of hydrogen-bond donors (Lipinski definition) is 1. The van der Waals surface area contributed by atoms with Crippen LogP contribution in [0.15, 0.2) is 57.8 Å². The molecule has 0 amide bonds. The third-order valence-electron chi connectivity index (χ3n) is 3.77. The summed E-state index contributed by atoms with van der Waals surface area (Å²) < 4.78 is 37.7. The van der Waals surface area contributed by atoms with E-state index in [-0.39, 0.29) is 11.4 Å². The summed E-state index contributed by atoms with van der Waals surface area (Å²) >= 11 is 0. The Morgan fingerprint density at radius 2 is 1.73 bits per heavy atom. The predicted octanol–water partition coefficient (Wildman–Crippen LogP) is 2.57. The van der Waals surface area contributed by atoms with Gasteiger partial charge in [0.05, 0.1) is 12.0 Å². The molecule has 0 atom stereocenters. The molecule has 0 saturated heterocycles. The highest BCUT2D eigenvalue weighted by molar-refractivity contribution is 7.89. The van der Waals surface area contributed by atoms with E-state index in [4.69, 9.17) is 9.15 Å². The van der Waals surface area contributed by atoms with Gasteiger partial charge in [-0.25, -0.2) is 13.1 Å². The molecule has 8 heteroatoms. The summed E-state index contributed by atoms with van der Waals surface area (Å²) in [4.78, 5) is 0.229. The van der Waals surface area contributed by atoms with Gasteiger partial charge in [0, 0.05) is 18.5 Å². The van der Waals surface area contributed by atoms with E-state index in [1.165, 1.54) is 0 Å². The van der Waals surface area contributed by atoms with Gasteiger partial charge in [0.15, 0.2) is 0 Å². The number of nitrogens with zero attached hydrogens (tertiary/aromatic N) is 2. The maximum atomic E-state index is 12.2. The first kappa shape index (κ1) is 18.1. The zero-order chi connectivity index (χ0) is 18.6. The highest BCUT2D eigenvalue weighted by atomic mass is 32.2. The molecule has 1 N–H and O–H groups in total. The minimum Gasteiger partial charge on any atom is -0.497 e. The first-order valence-electron chi connectivity index (χ1n) is 8.01. The fourth-order valence-corrected chi connectivity index (χ4v) is 3.33. The molecular weight excluding hydrogens is 354 g/mol. The lowest BCUT2D eigenvalue weighted by molar-refractivity contribution is 0.415. The van der Waals surface area contributed by atoms with Crippen molar-refractivity contribution in [3.63, 3.8) is 0 Å². The first-order chi connectivity index (χ1) is 12.5. The van der Waals surface area contributed by atoms with Crippen molar-refractivity contribution in [3.8, 4) is 17.2 Å². The van der Waals surface area contributed by atoms with Crippen LogP contribution in [0.3, 0.4) is 0 Å². The Morgan fingerprint density at radius 3 is 2.38 bits per heavy atom. The molecule has 1 aromatic heterocycles. The maximum Gasteiger partial charge on any atom is 0.247 e. The average molecular weight is 373 g/mol. The van der Waals surface area contributed by atoms with E-state index in [0.717, 1.165) is 16.9 Å². The van der Waals surface area contributed by atoms with Gasteiger partial charge in [-0.2, -0.15) is 0 Å². The Bertz CT molecular complexity index is 964. The van der Waals surface area contributed by atoms with Crippen molar-refractivity contribution in [3.05, 3.63) is 60.0 Å². The van der Waals surface area contributed by atoms with Crippen molar-refractivity contribution in [1.29, 1.82) is 0 Å². The summed E-state index contributed by atoms with van der Waals surface area (Å²) in [6.45, 7) is 2.07. The smallest absolute Gasteiger partial charge is 0.247 e. The van der Waals surface area contributed by atoms with E-state index < -0.39 is 10.0 Å². The molecule has 0 radical (unpaired) electrons. The SMILES string of the molecule is COc1ccc(-c2nnc(CCNS(=O)(=O)c3ccc(C)cc3)o2)cc1.